The normalized spacial score (nSPS) is 26.9. The maximum absolute atomic E-state index is 12.2. The lowest BCUT2D eigenvalue weighted by Crippen LogP contribution is -2.49. The van der Waals surface area contributed by atoms with Crippen LogP contribution in [0.1, 0.15) is 6.42 Å². The Morgan fingerprint density at radius 3 is 3.00 bits per heavy atom. The molecule has 1 aromatic rings. The van der Waals surface area contributed by atoms with Gasteiger partial charge in [0.05, 0.1) is 25.4 Å². The number of carbonyl (C=O) groups is 1. The molecule has 0 bridgehead atoms. The zero-order valence-corrected chi connectivity index (χ0v) is 11.7. The summed E-state index contributed by atoms with van der Waals surface area (Å²) in [5, 5.41) is 3.35. The van der Waals surface area contributed by atoms with E-state index in [1.807, 2.05) is 24.3 Å². The molecule has 0 saturated carbocycles. The number of morpholine rings is 1. The van der Waals surface area contributed by atoms with Gasteiger partial charge in [0, 0.05) is 12.5 Å². The van der Waals surface area contributed by atoms with Crippen molar-refractivity contribution < 1.29 is 14.3 Å². The first-order valence-electron chi connectivity index (χ1n) is 7.05. The summed E-state index contributed by atoms with van der Waals surface area (Å²) in [5.74, 6) is 1.21. The van der Waals surface area contributed by atoms with Crippen molar-refractivity contribution in [1.29, 1.82) is 0 Å². The highest BCUT2D eigenvalue weighted by Crippen LogP contribution is 2.31. The fourth-order valence-corrected chi connectivity index (χ4v) is 2.96. The molecule has 5 heteroatoms. The lowest BCUT2D eigenvalue weighted by atomic mass is 9.99. The number of amides is 1. The van der Waals surface area contributed by atoms with Crippen molar-refractivity contribution in [2.24, 2.45) is 5.92 Å². The molecule has 0 aromatic heterocycles. The topological polar surface area (TPSA) is 50.8 Å². The Morgan fingerprint density at radius 2 is 2.25 bits per heavy atom. The van der Waals surface area contributed by atoms with Gasteiger partial charge >= 0.3 is 0 Å². The molecule has 5 nitrogen and oxygen atoms in total. The summed E-state index contributed by atoms with van der Waals surface area (Å²) >= 11 is 0. The number of para-hydroxylation sites is 2. The van der Waals surface area contributed by atoms with Gasteiger partial charge in [0.1, 0.15) is 12.4 Å². The zero-order valence-electron chi connectivity index (χ0n) is 11.7. The Balaban J connectivity index is 1.81. The average molecular weight is 276 g/mol. The van der Waals surface area contributed by atoms with Crippen molar-refractivity contribution >= 4 is 11.6 Å². The standard InChI is InChI=1S/C15H20N2O3/c1-19-13-5-3-2-4-12(13)17-9-14(20-10-15(17)18)11-6-7-16-8-11/h2-5,11,14,16H,6-10H2,1H3. The zero-order chi connectivity index (χ0) is 13.9. The van der Waals surface area contributed by atoms with E-state index in [-0.39, 0.29) is 18.6 Å². The maximum atomic E-state index is 12.2. The molecule has 20 heavy (non-hydrogen) atoms. The molecule has 2 aliphatic rings. The van der Waals surface area contributed by atoms with Crippen molar-refractivity contribution in [2.75, 3.05) is 38.3 Å². The number of carbonyl (C=O) groups excluding carboxylic acids is 1. The summed E-state index contributed by atoms with van der Waals surface area (Å²) in [6.07, 6.45) is 1.21. The SMILES string of the molecule is COc1ccccc1N1CC(C2CCNC2)OCC1=O. The van der Waals surface area contributed by atoms with Crippen molar-refractivity contribution in [2.45, 2.75) is 12.5 Å². The molecular formula is C15H20N2O3. The number of methoxy groups -OCH3 is 1. The highest BCUT2D eigenvalue weighted by molar-refractivity contribution is 5.96. The Morgan fingerprint density at radius 1 is 1.40 bits per heavy atom. The molecule has 3 rings (SSSR count). The van der Waals surface area contributed by atoms with Gasteiger partial charge < -0.3 is 19.7 Å². The lowest BCUT2D eigenvalue weighted by Gasteiger charge is -2.35. The van der Waals surface area contributed by atoms with Crippen LogP contribution >= 0.6 is 0 Å². The molecule has 0 aliphatic carbocycles. The van der Waals surface area contributed by atoms with Crippen molar-refractivity contribution in [3.63, 3.8) is 0 Å². The van der Waals surface area contributed by atoms with E-state index in [2.05, 4.69) is 5.32 Å². The Labute approximate surface area is 118 Å². The number of hydrogen-bond donors (Lipinski definition) is 1. The molecule has 0 spiro atoms. The monoisotopic (exact) mass is 276 g/mol. The van der Waals surface area contributed by atoms with E-state index in [1.165, 1.54) is 0 Å². The van der Waals surface area contributed by atoms with Crippen LogP contribution in [-0.4, -0.2) is 45.4 Å². The first-order chi connectivity index (χ1) is 9.79. The molecule has 0 radical (unpaired) electrons. The van der Waals surface area contributed by atoms with Crippen molar-refractivity contribution in [1.82, 2.24) is 5.32 Å². The second kappa shape index (κ2) is 5.81. The molecule has 1 N–H and O–H groups in total. The first kappa shape index (κ1) is 13.4. The Bertz CT molecular complexity index is 486. The predicted molar refractivity (Wildman–Crippen MR) is 76.1 cm³/mol. The highest BCUT2D eigenvalue weighted by atomic mass is 16.5. The van der Waals surface area contributed by atoms with Crippen LogP contribution in [0.3, 0.4) is 0 Å². The van der Waals surface area contributed by atoms with E-state index in [0.29, 0.717) is 12.5 Å². The summed E-state index contributed by atoms with van der Waals surface area (Å²) in [7, 11) is 1.63. The van der Waals surface area contributed by atoms with E-state index in [4.69, 9.17) is 9.47 Å². The smallest absolute Gasteiger partial charge is 0.253 e. The van der Waals surface area contributed by atoms with Crippen LogP contribution in [0.4, 0.5) is 5.69 Å². The first-order valence-corrected chi connectivity index (χ1v) is 7.05. The molecule has 1 aromatic carbocycles. The van der Waals surface area contributed by atoms with Gasteiger partial charge in [0.15, 0.2) is 0 Å². The van der Waals surface area contributed by atoms with E-state index < -0.39 is 0 Å². The molecule has 1 amide bonds. The number of nitrogens with one attached hydrogen (secondary N) is 1. The van der Waals surface area contributed by atoms with Crippen LogP contribution in [0.15, 0.2) is 24.3 Å². The largest absolute Gasteiger partial charge is 0.495 e. The Kier molecular flexibility index (Phi) is 3.89. The second-order valence-electron chi connectivity index (χ2n) is 5.28. The number of hydrogen-bond acceptors (Lipinski definition) is 4. The molecule has 2 atom stereocenters. The van der Waals surface area contributed by atoms with Gasteiger partial charge in [0.2, 0.25) is 0 Å². The summed E-state index contributed by atoms with van der Waals surface area (Å²) in [6.45, 7) is 2.76. The van der Waals surface area contributed by atoms with Gasteiger partial charge in [-0.2, -0.15) is 0 Å². The van der Waals surface area contributed by atoms with E-state index in [0.717, 1.165) is 30.9 Å². The fraction of sp³-hybridized carbons (Fsp3) is 0.533. The van der Waals surface area contributed by atoms with Gasteiger partial charge in [-0.05, 0) is 25.1 Å². The van der Waals surface area contributed by atoms with Crippen molar-refractivity contribution in [3.05, 3.63) is 24.3 Å². The minimum absolute atomic E-state index is 0.00305. The van der Waals surface area contributed by atoms with Crippen LogP contribution < -0.4 is 15.0 Å². The molecule has 2 unspecified atom stereocenters. The minimum Gasteiger partial charge on any atom is -0.495 e. The molecule has 2 heterocycles. The number of benzene rings is 1. The van der Waals surface area contributed by atoms with E-state index in [1.54, 1.807) is 12.0 Å². The third-order valence-corrected chi connectivity index (χ3v) is 4.08. The van der Waals surface area contributed by atoms with Crippen LogP contribution in [0.25, 0.3) is 0 Å². The molecule has 2 saturated heterocycles. The quantitative estimate of drug-likeness (QED) is 0.896. The molecule has 2 fully saturated rings. The summed E-state index contributed by atoms with van der Waals surface area (Å²) in [5.41, 5.74) is 0.833. The fourth-order valence-electron chi connectivity index (χ4n) is 2.96. The lowest BCUT2D eigenvalue weighted by molar-refractivity contribution is -0.131. The Hall–Kier alpha value is -1.59. The maximum Gasteiger partial charge on any atom is 0.253 e. The van der Waals surface area contributed by atoms with Crippen molar-refractivity contribution in [3.8, 4) is 5.75 Å². The number of nitrogens with zero attached hydrogens (tertiary/aromatic N) is 1. The van der Waals surface area contributed by atoms with Gasteiger partial charge in [-0.3, -0.25) is 4.79 Å². The average Bonchev–Trinajstić information content (AvgIpc) is 3.02. The van der Waals surface area contributed by atoms with Gasteiger partial charge in [-0.25, -0.2) is 0 Å². The third kappa shape index (κ3) is 2.51. The van der Waals surface area contributed by atoms with Crippen LogP contribution in [0, 0.1) is 5.92 Å². The number of ether oxygens (including phenoxy) is 2. The minimum atomic E-state index is -0.00305. The van der Waals surface area contributed by atoms with Gasteiger partial charge in [-0.15, -0.1) is 0 Å². The summed E-state index contributed by atoms with van der Waals surface area (Å²) < 4.78 is 11.1. The molecule has 108 valence electrons. The summed E-state index contributed by atoms with van der Waals surface area (Å²) in [4.78, 5) is 14.0. The van der Waals surface area contributed by atoms with E-state index >= 15 is 0 Å². The number of rotatable bonds is 3. The van der Waals surface area contributed by atoms with E-state index in [9.17, 15) is 4.79 Å². The number of anilines is 1. The summed E-state index contributed by atoms with van der Waals surface area (Å²) in [6, 6.07) is 7.63. The highest BCUT2D eigenvalue weighted by Gasteiger charge is 2.34. The van der Waals surface area contributed by atoms with Gasteiger partial charge in [-0.1, -0.05) is 12.1 Å². The molecule has 2 aliphatic heterocycles. The van der Waals surface area contributed by atoms with Crippen LogP contribution in [0.2, 0.25) is 0 Å². The molecular weight excluding hydrogens is 256 g/mol. The third-order valence-electron chi connectivity index (χ3n) is 4.08. The van der Waals surface area contributed by atoms with Crippen LogP contribution in [-0.2, 0) is 9.53 Å². The predicted octanol–water partition coefficient (Wildman–Crippen LogP) is 1.04. The van der Waals surface area contributed by atoms with Gasteiger partial charge in [0.25, 0.3) is 5.91 Å². The van der Waals surface area contributed by atoms with Crippen LogP contribution in [0.5, 0.6) is 5.75 Å². The second-order valence-corrected chi connectivity index (χ2v) is 5.28.